The lowest BCUT2D eigenvalue weighted by molar-refractivity contribution is 0.0702. The Kier molecular flexibility index (Phi) is 4.24. The van der Waals surface area contributed by atoms with Crippen LogP contribution in [0.3, 0.4) is 0 Å². The molecule has 6 heteroatoms. The van der Waals surface area contributed by atoms with Crippen molar-refractivity contribution < 1.29 is 19.0 Å². The van der Waals surface area contributed by atoms with E-state index in [4.69, 9.17) is 9.84 Å². The van der Waals surface area contributed by atoms with Crippen LogP contribution in [0.25, 0.3) is 0 Å². The van der Waals surface area contributed by atoms with Gasteiger partial charge in [0.2, 0.25) is 0 Å². The molecule has 0 aliphatic rings. The number of carboxylic acid groups (broad SMARTS) is 1. The number of nitrogens with one attached hydrogen (secondary N) is 1. The summed E-state index contributed by atoms with van der Waals surface area (Å²) in [6.07, 6.45) is 0. The van der Waals surface area contributed by atoms with E-state index >= 15 is 0 Å². The van der Waals surface area contributed by atoms with Crippen molar-refractivity contribution in [3.05, 3.63) is 45.4 Å². The van der Waals surface area contributed by atoms with Gasteiger partial charge in [-0.05, 0) is 30.7 Å². The smallest absolute Gasteiger partial charge is 0.345 e. The number of anilines is 1. The summed E-state index contributed by atoms with van der Waals surface area (Å²) < 4.78 is 18.2. The van der Waals surface area contributed by atoms with Gasteiger partial charge >= 0.3 is 5.97 Å². The number of methoxy groups -OCH3 is 1. The first kappa shape index (κ1) is 14.3. The fraction of sp³-hybridized carbons (Fsp3) is 0.214. The Balaban J connectivity index is 2.14. The maximum absolute atomic E-state index is 13.1. The molecule has 1 heterocycles. The molecule has 1 aromatic carbocycles. The number of benzene rings is 1. The van der Waals surface area contributed by atoms with Gasteiger partial charge in [0.1, 0.15) is 16.4 Å². The van der Waals surface area contributed by atoms with Crippen molar-refractivity contribution in [2.24, 2.45) is 0 Å². The molecule has 1 aromatic heterocycles. The highest BCUT2D eigenvalue weighted by molar-refractivity contribution is 7.14. The number of rotatable bonds is 5. The molecule has 0 fully saturated rings. The topological polar surface area (TPSA) is 58.6 Å². The van der Waals surface area contributed by atoms with Crippen LogP contribution in [0, 0.1) is 12.7 Å². The molecule has 106 valence electrons. The summed E-state index contributed by atoms with van der Waals surface area (Å²) >= 11 is 1.24. The van der Waals surface area contributed by atoms with Gasteiger partial charge in [-0.1, -0.05) is 0 Å². The van der Waals surface area contributed by atoms with Gasteiger partial charge in [-0.15, -0.1) is 11.3 Å². The summed E-state index contributed by atoms with van der Waals surface area (Å²) in [5.74, 6) is -0.882. The lowest BCUT2D eigenvalue weighted by Gasteiger charge is -2.11. The maximum atomic E-state index is 13.1. The van der Waals surface area contributed by atoms with E-state index in [0.29, 0.717) is 22.9 Å². The van der Waals surface area contributed by atoms with Gasteiger partial charge in [-0.3, -0.25) is 0 Å². The number of hydrogen-bond acceptors (Lipinski definition) is 4. The average molecular weight is 295 g/mol. The lowest BCUT2D eigenvalue weighted by Crippen LogP contribution is -2.02. The normalized spacial score (nSPS) is 10.3. The first-order chi connectivity index (χ1) is 9.51. The minimum atomic E-state index is -0.927. The molecule has 0 radical (unpaired) electrons. The summed E-state index contributed by atoms with van der Waals surface area (Å²) in [5, 5.41) is 12.1. The van der Waals surface area contributed by atoms with Gasteiger partial charge in [0.05, 0.1) is 12.8 Å². The Hall–Kier alpha value is -2.08. The quantitative estimate of drug-likeness (QED) is 0.886. The summed E-state index contributed by atoms with van der Waals surface area (Å²) in [5.41, 5.74) is 1.56. The number of carbonyl (C=O) groups is 1. The predicted molar refractivity (Wildman–Crippen MR) is 76.3 cm³/mol. The zero-order chi connectivity index (χ0) is 14.7. The average Bonchev–Trinajstić information content (AvgIpc) is 2.79. The van der Waals surface area contributed by atoms with Crippen molar-refractivity contribution in [3.8, 4) is 5.75 Å². The van der Waals surface area contributed by atoms with Gasteiger partial charge in [-0.2, -0.15) is 0 Å². The van der Waals surface area contributed by atoms with Crippen molar-refractivity contribution in [1.82, 2.24) is 0 Å². The van der Waals surface area contributed by atoms with Crippen LogP contribution in [0.4, 0.5) is 10.1 Å². The number of ether oxygens (including phenoxy) is 1. The Labute approximate surface area is 119 Å². The largest absolute Gasteiger partial charge is 0.494 e. The first-order valence-corrected chi connectivity index (χ1v) is 6.73. The number of carboxylic acids is 1. The van der Waals surface area contributed by atoms with Gasteiger partial charge in [-0.25, -0.2) is 9.18 Å². The molecular weight excluding hydrogens is 281 g/mol. The zero-order valence-electron chi connectivity index (χ0n) is 11.1. The Bertz CT molecular complexity index is 639. The number of thiophene rings is 1. The van der Waals surface area contributed by atoms with Crippen molar-refractivity contribution in [1.29, 1.82) is 0 Å². The van der Waals surface area contributed by atoms with Crippen LogP contribution in [0.15, 0.2) is 24.3 Å². The third-order valence-corrected chi connectivity index (χ3v) is 3.94. The predicted octanol–water partition coefficient (Wildman–Crippen LogP) is 3.51. The Morgan fingerprint density at radius 1 is 1.45 bits per heavy atom. The molecule has 2 aromatic rings. The molecular formula is C14H14FNO3S. The Morgan fingerprint density at radius 3 is 2.80 bits per heavy atom. The Morgan fingerprint density at radius 2 is 2.20 bits per heavy atom. The zero-order valence-corrected chi connectivity index (χ0v) is 11.9. The summed E-state index contributed by atoms with van der Waals surface area (Å²) in [6, 6.07) is 5.87. The van der Waals surface area contributed by atoms with Gasteiger partial charge in [0.25, 0.3) is 0 Å². The van der Waals surface area contributed by atoms with Crippen LogP contribution in [0.1, 0.15) is 20.1 Å². The van der Waals surface area contributed by atoms with E-state index in [1.54, 1.807) is 12.1 Å². The van der Waals surface area contributed by atoms with Crippen molar-refractivity contribution in [2.45, 2.75) is 13.5 Å². The minimum Gasteiger partial charge on any atom is -0.494 e. The highest BCUT2D eigenvalue weighted by atomic mass is 32.1. The van der Waals surface area contributed by atoms with Crippen molar-refractivity contribution >= 4 is 23.0 Å². The molecule has 2 rings (SSSR count). The van der Waals surface area contributed by atoms with Crippen molar-refractivity contribution in [3.63, 3.8) is 0 Å². The highest BCUT2D eigenvalue weighted by Crippen LogP contribution is 2.27. The van der Waals surface area contributed by atoms with Gasteiger partial charge < -0.3 is 15.2 Å². The number of aromatic carboxylic acids is 1. The van der Waals surface area contributed by atoms with Gasteiger partial charge in [0.15, 0.2) is 0 Å². The van der Waals surface area contributed by atoms with Crippen LogP contribution in [-0.2, 0) is 6.54 Å². The second-order valence-electron chi connectivity index (χ2n) is 4.20. The third-order valence-electron chi connectivity index (χ3n) is 2.86. The van der Waals surface area contributed by atoms with E-state index in [-0.39, 0.29) is 5.82 Å². The van der Waals surface area contributed by atoms with Crippen molar-refractivity contribution in [2.75, 3.05) is 12.4 Å². The first-order valence-electron chi connectivity index (χ1n) is 5.91. The molecule has 20 heavy (non-hydrogen) atoms. The van der Waals surface area contributed by atoms with Crippen LogP contribution in [0.5, 0.6) is 5.75 Å². The SMILES string of the molecule is COc1cc(F)ccc1NCc1cc(C(=O)O)sc1C. The van der Waals surface area contributed by atoms with E-state index in [2.05, 4.69) is 5.32 Å². The molecule has 2 N–H and O–H groups in total. The molecule has 0 spiro atoms. The molecule has 0 unspecified atom stereocenters. The lowest BCUT2D eigenvalue weighted by atomic mass is 10.2. The van der Waals surface area contributed by atoms with Crippen LogP contribution in [-0.4, -0.2) is 18.2 Å². The van der Waals surface area contributed by atoms with Gasteiger partial charge in [0, 0.05) is 17.5 Å². The molecule has 0 atom stereocenters. The fourth-order valence-electron chi connectivity index (χ4n) is 1.80. The standard InChI is InChI=1S/C14H14FNO3S/c1-8-9(5-13(20-8)14(17)18)7-16-11-4-3-10(15)6-12(11)19-2/h3-6,16H,7H2,1-2H3,(H,17,18). The summed E-state index contributed by atoms with van der Waals surface area (Å²) in [4.78, 5) is 12.2. The molecule has 0 amide bonds. The van der Waals surface area contributed by atoms with E-state index in [9.17, 15) is 9.18 Å². The molecule has 0 aliphatic heterocycles. The second-order valence-corrected chi connectivity index (χ2v) is 5.45. The van der Waals surface area contributed by atoms with E-state index < -0.39 is 5.97 Å². The third kappa shape index (κ3) is 3.08. The monoisotopic (exact) mass is 295 g/mol. The van der Waals surface area contributed by atoms with E-state index in [1.807, 2.05) is 6.92 Å². The van der Waals surface area contributed by atoms with E-state index in [1.165, 1.54) is 30.6 Å². The second kappa shape index (κ2) is 5.92. The summed E-state index contributed by atoms with van der Waals surface area (Å²) in [6.45, 7) is 2.33. The van der Waals surface area contributed by atoms with Crippen LogP contribution in [0.2, 0.25) is 0 Å². The molecule has 0 saturated carbocycles. The fourth-order valence-corrected chi connectivity index (χ4v) is 2.68. The number of aryl methyl sites for hydroxylation is 1. The minimum absolute atomic E-state index is 0.311. The van der Waals surface area contributed by atoms with E-state index in [0.717, 1.165) is 10.4 Å². The molecule has 0 aliphatic carbocycles. The molecule has 0 saturated heterocycles. The number of halogens is 1. The number of hydrogen-bond donors (Lipinski definition) is 2. The molecule has 4 nitrogen and oxygen atoms in total. The maximum Gasteiger partial charge on any atom is 0.345 e. The molecule has 0 bridgehead atoms. The highest BCUT2D eigenvalue weighted by Gasteiger charge is 2.11. The van der Waals surface area contributed by atoms with Crippen LogP contribution < -0.4 is 10.1 Å². The summed E-state index contributed by atoms with van der Waals surface area (Å²) in [7, 11) is 1.47. The van der Waals surface area contributed by atoms with Crippen LogP contribution >= 0.6 is 11.3 Å².